The lowest BCUT2D eigenvalue weighted by molar-refractivity contribution is 0.402. The molecule has 0 fully saturated rings. The van der Waals surface area contributed by atoms with E-state index in [1.165, 1.54) is 6.08 Å². The molecule has 0 spiro atoms. The fourth-order valence-electron chi connectivity index (χ4n) is 3.53. The van der Waals surface area contributed by atoms with E-state index in [2.05, 4.69) is 0 Å². The van der Waals surface area contributed by atoms with E-state index >= 15 is 0 Å². The third kappa shape index (κ3) is 4.54. The van der Waals surface area contributed by atoms with Gasteiger partial charge >= 0.3 is 5.63 Å². The number of aliphatic hydroxyl groups excluding tert-OH is 1. The number of pyridine rings is 1. The molecule has 0 radical (unpaired) electrons. The van der Waals surface area contributed by atoms with Gasteiger partial charge in [0.2, 0.25) is 0 Å². The molecule has 1 aromatic carbocycles. The fourth-order valence-corrected chi connectivity index (χ4v) is 3.79. The summed E-state index contributed by atoms with van der Waals surface area (Å²) in [5, 5.41) is 12.4. The van der Waals surface area contributed by atoms with Gasteiger partial charge in [0.05, 0.1) is 16.2 Å². The minimum atomic E-state index is -0.452. The molecule has 0 aliphatic carbocycles. The number of fused-ring (bicyclic) bond motifs is 1. The summed E-state index contributed by atoms with van der Waals surface area (Å²) in [6, 6.07) is 7.51. The molecule has 31 heavy (non-hydrogen) atoms. The number of aryl methyl sites for hydroxylation is 2. The van der Waals surface area contributed by atoms with Crippen molar-refractivity contribution in [3.05, 3.63) is 73.4 Å². The van der Waals surface area contributed by atoms with Gasteiger partial charge in [0.1, 0.15) is 0 Å². The van der Waals surface area contributed by atoms with Crippen LogP contribution in [0.4, 0.5) is 0 Å². The lowest BCUT2D eigenvalue weighted by atomic mass is 9.81. The molecular formula is C26H30ClNO3. The van der Waals surface area contributed by atoms with Gasteiger partial charge in [-0.3, -0.25) is 0 Å². The number of halogens is 1. The molecular weight excluding hydrogens is 410 g/mol. The maximum Gasteiger partial charge on any atom is 0.340 e. The molecule has 0 aliphatic heterocycles. The average molecular weight is 440 g/mol. The van der Waals surface area contributed by atoms with Gasteiger partial charge in [0.15, 0.2) is 11.5 Å². The zero-order chi connectivity index (χ0) is 23.3. The highest BCUT2D eigenvalue weighted by atomic mass is 35.5. The molecule has 0 saturated carbocycles. The smallest absolute Gasteiger partial charge is 0.340 e. The highest BCUT2D eigenvalue weighted by Crippen LogP contribution is 2.33. The minimum Gasteiger partial charge on any atom is -0.504 e. The number of aliphatic hydroxyl groups is 1. The zero-order valence-electron chi connectivity index (χ0n) is 19.5. The number of benzene rings is 1. The van der Waals surface area contributed by atoms with Gasteiger partial charge in [-0.05, 0) is 47.9 Å². The van der Waals surface area contributed by atoms with E-state index in [4.69, 9.17) is 21.0 Å². The largest absolute Gasteiger partial charge is 0.504 e. The van der Waals surface area contributed by atoms with E-state index in [9.17, 15) is 9.90 Å². The monoisotopic (exact) mass is 439 g/mol. The van der Waals surface area contributed by atoms with Crippen molar-refractivity contribution in [2.45, 2.75) is 66.2 Å². The Bertz CT molecular complexity index is 1250. The Morgan fingerprint density at radius 1 is 1.03 bits per heavy atom. The van der Waals surface area contributed by atoms with E-state index < -0.39 is 5.63 Å². The second-order valence-corrected chi connectivity index (χ2v) is 10.6. The molecule has 0 amide bonds. The number of hydrogen-bond acceptors (Lipinski definition) is 4. The summed E-state index contributed by atoms with van der Waals surface area (Å²) < 4.78 is 5.65. The van der Waals surface area contributed by atoms with E-state index in [0.717, 1.165) is 27.6 Å². The van der Waals surface area contributed by atoms with Gasteiger partial charge in [0, 0.05) is 22.6 Å². The quantitative estimate of drug-likeness (QED) is 0.432. The standard InChI is InChI=1S/C26H30ClNO3/c1-14-9-10-17-20(27)11-16(28-22(17)15(14)2)12-21(29)23-18(25(3,4)5)13-19(24(30)31-23)26(6,7)8/h9-13,29H,1-8H3/b21-12-. The van der Waals surface area contributed by atoms with Crippen molar-refractivity contribution in [2.24, 2.45) is 0 Å². The van der Waals surface area contributed by atoms with Gasteiger partial charge in [-0.2, -0.15) is 0 Å². The van der Waals surface area contributed by atoms with Crippen LogP contribution in [-0.2, 0) is 10.8 Å². The van der Waals surface area contributed by atoms with Crippen LogP contribution in [0.1, 0.15) is 75.3 Å². The Hall–Kier alpha value is -2.59. The molecule has 2 aromatic heterocycles. The predicted molar refractivity (Wildman–Crippen MR) is 129 cm³/mol. The van der Waals surface area contributed by atoms with Gasteiger partial charge in [-0.1, -0.05) is 65.3 Å². The Labute approximate surface area is 188 Å². The molecule has 1 N–H and O–H groups in total. The lowest BCUT2D eigenvalue weighted by Gasteiger charge is -2.25. The van der Waals surface area contributed by atoms with E-state index in [0.29, 0.717) is 16.3 Å². The van der Waals surface area contributed by atoms with Crippen molar-refractivity contribution in [2.75, 3.05) is 0 Å². The highest BCUT2D eigenvalue weighted by molar-refractivity contribution is 6.35. The first-order valence-electron chi connectivity index (χ1n) is 10.4. The van der Waals surface area contributed by atoms with Crippen LogP contribution in [0.2, 0.25) is 5.02 Å². The third-order valence-corrected chi connectivity index (χ3v) is 5.87. The number of nitrogens with zero attached hydrogens (tertiary/aromatic N) is 1. The van der Waals surface area contributed by atoms with Crippen LogP contribution in [0, 0.1) is 13.8 Å². The normalized spacial score (nSPS) is 13.1. The Morgan fingerprint density at radius 3 is 2.23 bits per heavy atom. The summed E-state index contributed by atoms with van der Waals surface area (Å²) in [6.07, 6.45) is 1.50. The summed E-state index contributed by atoms with van der Waals surface area (Å²) in [7, 11) is 0. The van der Waals surface area contributed by atoms with Crippen molar-refractivity contribution in [1.82, 2.24) is 4.98 Å². The molecule has 0 atom stereocenters. The minimum absolute atomic E-state index is 0.157. The van der Waals surface area contributed by atoms with Crippen LogP contribution >= 0.6 is 11.6 Å². The Morgan fingerprint density at radius 2 is 1.65 bits per heavy atom. The summed E-state index contributed by atoms with van der Waals surface area (Å²) in [6.45, 7) is 16.0. The van der Waals surface area contributed by atoms with Crippen LogP contribution in [0.15, 0.2) is 33.5 Å². The second-order valence-electron chi connectivity index (χ2n) is 10.2. The van der Waals surface area contributed by atoms with Crippen LogP contribution in [0.25, 0.3) is 22.7 Å². The third-order valence-electron chi connectivity index (χ3n) is 5.56. The van der Waals surface area contributed by atoms with Crippen molar-refractivity contribution >= 4 is 34.3 Å². The molecule has 0 aliphatic rings. The molecule has 0 bridgehead atoms. The highest BCUT2D eigenvalue weighted by Gasteiger charge is 2.28. The van der Waals surface area contributed by atoms with E-state index in [-0.39, 0.29) is 22.3 Å². The first kappa shape index (κ1) is 23.1. The van der Waals surface area contributed by atoms with E-state index in [1.807, 2.05) is 73.6 Å². The lowest BCUT2D eigenvalue weighted by Crippen LogP contribution is -2.26. The summed E-state index contributed by atoms with van der Waals surface area (Å²) >= 11 is 6.49. The summed E-state index contributed by atoms with van der Waals surface area (Å²) in [5.41, 5.74) is 3.57. The maximum atomic E-state index is 12.7. The zero-order valence-corrected chi connectivity index (χ0v) is 20.2. The topological polar surface area (TPSA) is 63.3 Å². The molecule has 0 saturated heterocycles. The van der Waals surface area contributed by atoms with Crippen LogP contribution < -0.4 is 5.63 Å². The maximum absolute atomic E-state index is 12.7. The number of aromatic nitrogens is 1. The van der Waals surface area contributed by atoms with E-state index in [1.54, 1.807) is 6.07 Å². The van der Waals surface area contributed by atoms with Gasteiger partial charge < -0.3 is 9.52 Å². The van der Waals surface area contributed by atoms with Crippen LogP contribution in [-0.4, -0.2) is 10.1 Å². The number of hydrogen-bond donors (Lipinski definition) is 1. The predicted octanol–water partition coefficient (Wildman–Crippen LogP) is 7.11. The van der Waals surface area contributed by atoms with Gasteiger partial charge in [-0.15, -0.1) is 0 Å². The Kier molecular flexibility index (Phi) is 5.83. The van der Waals surface area contributed by atoms with Gasteiger partial charge in [-0.25, -0.2) is 9.78 Å². The van der Waals surface area contributed by atoms with Crippen LogP contribution in [0.5, 0.6) is 0 Å². The number of rotatable bonds is 2. The molecule has 5 heteroatoms. The van der Waals surface area contributed by atoms with Gasteiger partial charge in [0.25, 0.3) is 0 Å². The molecule has 3 aromatic rings. The molecule has 0 unspecified atom stereocenters. The first-order valence-corrected chi connectivity index (χ1v) is 10.7. The second kappa shape index (κ2) is 7.83. The molecule has 164 valence electrons. The molecule has 2 heterocycles. The summed E-state index contributed by atoms with van der Waals surface area (Å²) in [4.78, 5) is 17.4. The fraction of sp³-hybridized carbons (Fsp3) is 0.385. The average Bonchev–Trinajstić information content (AvgIpc) is 2.62. The first-order chi connectivity index (χ1) is 14.2. The van der Waals surface area contributed by atoms with Crippen molar-refractivity contribution in [1.29, 1.82) is 0 Å². The van der Waals surface area contributed by atoms with Crippen molar-refractivity contribution in [3.8, 4) is 0 Å². The molecule has 4 nitrogen and oxygen atoms in total. The van der Waals surface area contributed by atoms with Crippen LogP contribution in [0.3, 0.4) is 0 Å². The molecule has 3 rings (SSSR count). The van der Waals surface area contributed by atoms with Crippen molar-refractivity contribution in [3.63, 3.8) is 0 Å². The SMILES string of the molecule is Cc1ccc2c(Cl)cc(/C=C(\O)c3oc(=O)c(C(C)(C)C)cc3C(C)(C)C)nc2c1C. The summed E-state index contributed by atoms with van der Waals surface area (Å²) in [5.74, 6) is 0.000176. The van der Waals surface area contributed by atoms with Crippen molar-refractivity contribution < 1.29 is 9.52 Å². The Balaban J connectivity index is 2.23.